The van der Waals surface area contributed by atoms with E-state index in [2.05, 4.69) is 0 Å². The van der Waals surface area contributed by atoms with Crippen LogP contribution in [0.25, 0.3) is 0 Å². The zero-order valence-electron chi connectivity index (χ0n) is 7.52. The Hall–Kier alpha value is -0.0331. The SMILES string of the molecule is FC(F)C(F)CCC1CCC[SiH2]O1. The highest BCUT2D eigenvalue weighted by atomic mass is 28.2. The fourth-order valence-corrected chi connectivity index (χ4v) is 2.83. The van der Waals surface area contributed by atoms with Crippen LogP contribution in [0.15, 0.2) is 0 Å². The Morgan fingerprint density at radius 3 is 2.69 bits per heavy atom. The van der Waals surface area contributed by atoms with E-state index in [0.717, 1.165) is 12.8 Å². The molecule has 78 valence electrons. The predicted molar refractivity (Wildman–Crippen MR) is 47.6 cm³/mol. The second kappa shape index (κ2) is 5.65. The fourth-order valence-electron chi connectivity index (χ4n) is 1.51. The first-order valence-corrected chi connectivity index (χ1v) is 6.31. The Balaban J connectivity index is 2.10. The summed E-state index contributed by atoms with van der Waals surface area (Å²) in [5, 5.41) is 0. The minimum atomic E-state index is -2.83. The molecule has 0 aromatic carbocycles. The molecule has 0 aromatic heterocycles. The van der Waals surface area contributed by atoms with Gasteiger partial charge in [-0.2, -0.15) is 0 Å². The van der Waals surface area contributed by atoms with Gasteiger partial charge in [-0.1, -0.05) is 6.42 Å². The Kier molecular flexibility index (Phi) is 4.80. The van der Waals surface area contributed by atoms with Crippen molar-refractivity contribution in [1.82, 2.24) is 0 Å². The van der Waals surface area contributed by atoms with Crippen molar-refractivity contribution in [3.63, 3.8) is 0 Å². The molecule has 0 N–H and O–H groups in total. The minimum absolute atomic E-state index is 0.0588. The Morgan fingerprint density at radius 1 is 1.38 bits per heavy atom. The number of rotatable bonds is 4. The molecule has 1 heterocycles. The van der Waals surface area contributed by atoms with Crippen LogP contribution >= 0.6 is 0 Å². The zero-order valence-corrected chi connectivity index (χ0v) is 8.93. The number of alkyl halides is 3. The number of hydrogen-bond acceptors (Lipinski definition) is 1. The molecule has 0 spiro atoms. The average molecular weight is 212 g/mol. The summed E-state index contributed by atoms with van der Waals surface area (Å²) < 4.78 is 41.5. The maximum absolute atomic E-state index is 12.5. The fraction of sp³-hybridized carbons (Fsp3) is 1.00. The summed E-state index contributed by atoms with van der Waals surface area (Å²) >= 11 is 0. The highest BCUT2D eigenvalue weighted by Crippen LogP contribution is 2.20. The standard InChI is InChI=1S/C8H15F3OSi/c9-7(8(10)11)4-3-6-2-1-5-13-12-6/h6-8H,1-5,13H2. The van der Waals surface area contributed by atoms with Crippen LogP contribution in [0.3, 0.4) is 0 Å². The van der Waals surface area contributed by atoms with Gasteiger partial charge in [0.1, 0.15) is 0 Å². The molecule has 0 amide bonds. The van der Waals surface area contributed by atoms with Gasteiger partial charge >= 0.3 is 0 Å². The Morgan fingerprint density at radius 2 is 2.15 bits per heavy atom. The minimum Gasteiger partial charge on any atom is -0.421 e. The van der Waals surface area contributed by atoms with E-state index in [-0.39, 0.29) is 12.5 Å². The van der Waals surface area contributed by atoms with Crippen LogP contribution < -0.4 is 0 Å². The molecule has 1 aliphatic rings. The molecular formula is C8H15F3OSi. The molecule has 0 aliphatic carbocycles. The first kappa shape index (κ1) is 11.0. The van der Waals surface area contributed by atoms with Crippen molar-refractivity contribution in [1.29, 1.82) is 0 Å². The van der Waals surface area contributed by atoms with Crippen molar-refractivity contribution in [2.45, 2.75) is 50.4 Å². The van der Waals surface area contributed by atoms with Crippen LogP contribution in [0.1, 0.15) is 25.7 Å². The van der Waals surface area contributed by atoms with Crippen molar-refractivity contribution in [3.8, 4) is 0 Å². The van der Waals surface area contributed by atoms with Crippen molar-refractivity contribution in [3.05, 3.63) is 0 Å². The molecule has 0 bridgehead atoms. The molecule has 2 atom stereocenters. The van der Waals surface area contributed by atoms with E-state index < -0.39 is 22.4 Å². The van der Waals surface area contributed by atoms with Gasteiger partial charge in [0.05, 0.1) is 0 Å². The third-order valence-electron chi connectivity index (χ3n) is 2.31. The van der Waals surface area contributed by atoms with E-state index in [0.29, 0.717) is 6.42 Å². The lowest BCUT2D eigenvalue weighted by molar-refractivity contribution is 0.0361. The number of hydrogen-bond donors (Lipinski definition) is 0. The molecule has 5 heteroatoms. The lowest BCUT2D eigenvalue weighted by atomic mass is 10.1. The molecule has 1 rings (SSSR count). The first-order chi connectivity index (χ1) is 6.20. The summed E-state index contributed by atoms with van der Waals surface area (Å²) in [5.41, 5.74) is 0. The second-order valence-corrected chi connectivity index (χ2v) is 4.87. The lowest BCUT2D eigenvalue weighted by Gasteiger charge is -2.23. The Labute approximate surface area is 78.6 Å². The highest BCUT2D eigenvalue weighted by Gasteiger charge is 2.21. The van der Waals surface area contributed by atoms with Gasteiger partial charge in [-0.05, 0) is 25.3 Å². The van der Waals surface area contributed by atoms with Crippen molar-refractivity contribution >= 4 is 9.76 Å². The van der Waals surface area contributed by atoms with Crippen molar-refractivity contribution in [2.24, 2.45) is 0 Å². The summed E-state index contributed by atoms with van der Waals surface area (Å²) in [6.07, 6.45) is -2.29. The van der Waals surface area contributed by atoms with E-state index in [1.807, 2.05) is 0 Å². The largest absolute Gasteiger partial charge is 0.421 e. The molecule has 1 fully saturated rings. The van der Waals surface area contributed by atoms with Crippen LogP contribution in [0, 0.1) is 0 Å². The maximum Gasteiger partial charge on any atom is 0.269 e. The third-order valence-corrected chi connectivity index (χ3v) is 3.81. The van der Waals surface area contributed by atoms with Gasteiger partial charge in [-0.25, -0.2) is 13.2 Å². The summed E-state index contributed by atoms with van der Waals surface area (Å²) in [6, 6.07) is 1.17. The van der Waals surface area contributed by atoms with Gasteiger partial charge in [0.25, 0.3) is 6.43 Å². The first-order valence-electron chi connectivity index (χ1n) is 4.74. The molecule has 0 radical (unpaired) electrons. The van der Waals surface area contributed by atoms with E-state index in [9.17, 15) is 13.2 Å². The number of halogens is 3. The lowest BCUT2D eigenvalue weighted by Crippen LogP contribution is -2.23. The van der Waals surface area contributed by atoms with Crippen LogP contribution in [-0.4, -0.2) is 28.5 Å². The van der Waals surface area contributed by atoms with Crippen LogP contribution in [-0.2, 0) is 4.43 Å². The van der Waals surface area contributed by atoms with Gasteiger partial charge in [0, 0.05) is 6.10 Å². The van der Waals surface area contributed by atoms with Crippen LogP contribution in [0.4, 0.5) is 13.2 Å². The molecule has 1 nitrogen and oxygen atoms in total. The molecule has 1 aliphatic heterocycles. The maximum atomic E-state index is 12.5. The van der Waals surface area contributed by atoms with E-state index in [1.165, 1.54) is 6.04 Å². The van der Waals surface area contributed by atoms with Crippen molar-refractivity contribution in [2.75, 3.05) is 0 Å². The normalized spacial score (nSPS) is 28.2. The Bertz CT molecular complexity index is 139. The zero-order chi connectivity index (χ0) is 9.68. The van der Waals surface area contributed by atoms with Crippen LogP contribution in [0.5, 0.6) is 0 Å². The van der Waals surface area contributed by atoms with Gasteiger partial charge in [0.2, 0.25) is 0 Å². The summed E-state index contributed by atoms with van der Waals surface area (Å²) in [4.78, 5) is 0. The molecule has 0 aromatic rings. The predicted octanol–water partition coefficient (Wildman–Crippen LogP) is 2.05. The highest BCUT2D eigenvalue weighted by molar-refractivity contribution is 6.27. The van der Waals surface area contributed by atoms with Gasteiger partial charge in [-0.15, -0.1) is 0 Å². The van der Waals surface area contributed by atoms with Gasteiger partial charge in [-0.3, -0.25) is 0 Å². The summed E-state index contributed by atoms with van der Waals surface area (Å²) in [7, 11) is -0.413. The molecule has 1 saturated heterocycles. The second-order valence-electron chi connectivity index (χ2n) is 3.42. The summed E-state index contributed by atoms with van der Waals surface area (Å²) in [6.45, 7) is 0. The molecular weight excluding hydrogens is 197 g/mol. The topological polar surface area (TPSA) is 9.23 Å². The summed E-state index contributed by atoms with van der Waals surface area (Å²) in [5.74, 6) is 0. The average Bonchev–Trinajstić information content (AvgIpc) is 2.15. The monoisotopic (exact) mass is 212 g/mol. The van der Waals surface area contributed by atoms with E-state index in [4.69, 9.17) is 4.43 Å². The van der Waals surface area contributed by atoms with Crippen molar-refractivity contribution < 1.29 is 17.6 Å². The smallest absolute Gasteiger partial charge is 0.269 e. The quantitative estimate of drug-likeness (QED) is 0.648. The molecule has 2 unspecified atom stereocenters. The van der Waals surface area contributed by atoms with Crippen LogP contribution in [0.2, 0.25) is 6.04 Å². The molecule has 13 heavy (non-hydrogen) atoms. The van der Waals surface area contributed by atoms with Gasteiger partial charge in [0.15, 0.2) is 15.9 Å². The van der Waals surface area contributed by atoms with E-state index in [1.54, 1.807) is 0 Å². The third kappa shape index (κ3) is 4.13. The van der Waals surface area contributed by atoms with E-state index >= 15 is 0 Å². The van der Waals surface area contributed by atoms with Gasteiger partial charge < -0.3 is 4.43 Å². The molecule has 0 saturated carbocycles.